The van der Waals surface area contributed by atoms with Gasteiger partial charge in [0.25, 0.3) is 0 Å². The highest BCUT2D eigenvalue weighted by molar-refractivity contribution is 6.42. The number of carbonyl (C=O) groups is 3. The standard InChI is InChI=1S/C20H19Cl2NO4/c1-13(20(26)14-6-3-2-4-7-14)27-19(25)9-5-8-18(24)23-15-10-11-16(21)17(22)12-15/h2-4,6-7,10-13H,5,8-9H2,1H3,(H,23,24). The van der Waals surface area contributed by atoms with E-state index in [9.17, 15) is 14.4 Å². The fraction of sp³-hybridized carbons (Fsp3) is 0.250. The lowest BCUT2D eigenvalue weighted by atomic mass is 10.1. The van der Waals surface area contributed by atoms with E-state index in [0.717, 1.165) is 0 Å². The molecule has 0 heterocycles. The molecule has 1 unspecified atom stereocenters. The van der Waals surface area contributed by atoms with Gasteiger partial charge < -0.3 is 10.1 Å². The van der Waals surface area contributed by atoms with Crippen LogP contribution in [0.5, 0.6) is 0 Å². The number of esters is 1. The second-order valence-corrected chi connectivity index (χ2v) is 6.71. The number of hydrogen-bond donors (Lipinski definition) is 1. The number of benzene rings is 2. The Labute approximate surface area is 167 Å². The number of carbonyl (C=O) groups excluding carboxylic acids is 3. The van der Waals surface area contributed by atoms with E-state index in [1.807, 2.05) is 0 Å². The predicted octanol–water partition coefficient (Wildman–Crippen LogP) is 4.92. The second-order valence-electron chi connectivity index (χ2n) is 5.89. The largest absolute Gasteiger partial charge is 0.454 e. The van der Waals surface area contributed by atoms with Gasteiger partial charge in [-0.15, -0.1) is 0 Å². The van der Waals surface area contributed by atoms with Crippen molar-refractivity contribution in [3.05, 3.63) is 64.1 Å². The summed E-state index contributed by atoms with van der Waals surface area (Å²) in [7, 11) is 0. The van der Waals surface area contributed by atoms with Crippen molar-refractivity contribution in [3.8, 4) is 0 Å². The molecule has 0 fully saturated rings. The monoisotopic (exact) mass is 407 g/mol. The van der Waals surface area contributed by atoms with Crippen LogP contribution in [0, 0.1) is 0 Å². The van der Waals surface area contributed by atoms with Crippen molar-refractivity contribution < 1.29 is 19.1 Å². The molecule has 0 aromatic heterocycles. The molecule has 2 rings (SSSR count). The Hall–Kier alpha value is -2.37. The van der Waals surface area contributed by atoms with Crippen LogP contribution in [0.25, 0.3) is 0 Å². The molecule has 1 amide bonds. The van der Waals surface area contributed by atoms with Crippen molar-refractivity contribution in [1.29, 1.82) is 0 Å². The number of halogens is 2. The minimum absolute atomic E-state index is 0.0429. The Morgan fingerprint density at radius 3 is 2.37 bits per heavy atom. The lowest BCUT2D eigenvalue weighted by Gasteiger charge is -2.12. The third kappa shape index (κ3) is 6.70. The third-order valence-electron chi connectivity index (χ3n) is 3.72. The lowest BCUT2D eigenvalue weighted by Crippen LogP contribution is -2.24. The van der Waals surface area contributed by atoms with Crippen molar-refractivity contribution >= 4 is 46.5 Å². The molecular weight excluding hydrogens is 389 g/mol. The normalized spacial score (nSPS) is 11.5. The van der Waals surface area contributed by atoms with Gasteiger partial charge in [0.2, 0.25) is 11.7 Å². The van der Waals surface area contributed by atoms with E-state index in [2.05, 4.69) is 5.32 Å². The minimum atomic E-state index is -0.870. The number of ketones is 1. The molecule has 0 aliphatic rings. The Kier molecular flexibility index (Phi) is 7.82. The molecule has 0 aliphatic heterocycles. The highest BCUT2D eigenvalue weighted by Crippen LogP contribution is 2.25. The highest BCUT2D eigenvalue weighted by atomic mass is 35.5. The topological polar surface area (TPSA) is 72.5 Å². The van der Waals surface area contributed by atoms with Gasteiger partial charge in [0.1, 0.15) is 0 Å². The van der Waals surface area contributed by atoms with Gasteiger partial charge in [-0.3, -0.25) is 14.4 Å². The molecule has 2 aromatic carbocycles. The zero-order valence-electron chi connectivity index (χ0n) is 14.7. The average molecular weight is 408 g/mol. The van der Waals surface area contributed by atoms with Crippen molar-refractivity contribution in [2.45, 2.75) is 32.3 Å². The fourth-order valence-corrected chi connectivity index (χ4v) is 2.64. The van der Waals surface area contributed by atoms with Crippen LogP contribution in [0.2, 0.25) is 10.0 Å². The number of Topliss-reactive ketones (excluding diaryl/α,β-unsaturated/α-hetero) is 1. The van der Waals surface area contributed by atoms with E-state index in [1.165, 1.54) is 6.92 Å². The summed E-state index contributed by atoms with van der Waals surface area (Å²) in [4.78, 5) is 35.9. The van der Waals surface area contributed by atoms with Crippen LogP contribution < -0.4 is 5.32 Å². The fourth-order valence-electron chi connectivity index (χ4n) is 2.34. The number of rotatable bonds is 8. The van der Waals surface area contributed by atoms with Crippen molar-refractivity contribution in [2.24, 2.45) is 0 Å². The summed E-state index contributed by atoms with van der Waals surface area (Å²) >= 11 is 11.7. The second kappa shape index (κ2) is 10.1. The molecule has 142 valence electrons. The molecule has 7 heteroatoms. The molecule has 0 spiro atoms. The van der Waals surface area contributed by atoms with Gasteiger partial charge in [0.05, 0.1) is 10.0 Å². The number of amides is 1. The number of anilines is 1. The molecule has 1 atom stereocenters. The maximum Gasteiger partial charge on any atom is 0.306 e. The van der Waals surface area contributed by atoms with Crippen LogP contribution >= 0.6 is 23.2 Å². The number of hydrogen-bond acceptors (Lipinski definition) is 4. The summed E-state index contributed by atoms with van der Waals surface area (Å²) in [6.45, 7) is 1.53. The van der Waals surface area contributed by atoms with Crippen LogP contribution in [0.4, 0.5) is 5.69 Å². The van der Waals surface area contributed by atoms with Gasteiger partial charge >= 0.3 is 5.97 Å². The van der Waals surface area contributed by atoms with Crippen LogP contribution in [0.15, 0.2) is 48.5 Å². The molecule has 2 aromatic rings. The molecule has 0 bridgehead atoms. The van der Waals surface area contributed by atoms with Crippen LogP contribution in [-0.2, 0) is 14.3 Å². The highest BCUT2D eigenvalue weighted by Gasteiger charge is 2.19. The summed E-state index contributed by atoms with van der Waals surface area (Å²) < 4.78 is 5.14. The minimum Gasteiger partial charge on any atom is -0.454 e. The lowest BCUT2D eigenvalue weighted by molar-refractivity contribution is -0.146. The SMILES string of the molecule is CC(OC(=O)CCCC(=O)Nc1ccc(Cl)c(Cl)c1)C(=O)c1ccccc1. The summed E-state index contributed by atoms with van der Waals surface area (Å²) in [5, 5.41) is 3.42. The molecule has 1 N–H and O–H groups in total. The van der Waals surface area contributed by atoms with Crippen LogP contribution in [-0.4, -0.2) is 23.8 Å². The van der Waals surface area contributed by atoms with Gasteiger partial charge in [-0.05, 0) is 31.5 Å². The average Bonchev–Trinajstić information content (AvgIpc) is 2.64. The molecule has 5 nitrogen and oxygen atoms in total. The van der Waals surface area contributed by atoms with E-state index in [-0.39, 0.29) is 24.5 Å². The van der Waals surface area contributed by atoms with Crippen molar-refractivity contribution in [2.75, 3.05) is 5.32 Å². The zero-order valence-corrected chi connectivity index (χ0v) is 16.2. The van der Waals surface area contributed by atoms with E-state index < -0.39 is 12.1 Å². The molecule has 27 heavy (non-hydrogen) atoms. The van der Waals surface area contributed by atoms with Gasteiger partial charge in [-0.1, -0.05) is 53.5 Å². The summed E-state index contributed by atoms with van der Waals surface area (Å²) in [6.07, 6.45) is -0.388. The van der Waals surface area contributed by atoms with Gasteiger partial charge in [-0.2, -0.15) is 0 Å². The third-order valence-corrected chi connectivity index (χ3v) is 4.46. The number of ether oxygens (including phenoxy) is 1. The first-order chi connectivity index (χ1) is 12.9. The van der Waals surface area contributed by atoms with Crippen LogP contribution in [0.1, 0.15) is 36.5 Å². The first-order valence-corrected chi connectivity index (χ1v) is 9.16. The van der Waals surface area contributed by atoms with E-state index in [1.54, 1.807) is 48.5 Å². The van der Waals surface area contributed by atoms with Gasteiger partial charge in [0, 0.05) is 24.1 Å². The predicted molar refractivity (Wildman–Crippen MR) is 105 cm³/mol. The van der Waals surface area contributed by atoms with Crippen LogP contribution in [0.3, 0.4) is 0 Å². The van der Waals surface area contributed by atoms with E-state index >= 15 is 0 Å². The maximum atomic E-state index is 12.2. The van der Waals surface area contributed by atoms with Gasteiger partial charge in [0.15, 0.2) is 6.10 Å². The maximum absolute atomic E-state index is 12.2. The van der Waals surface area contributed by atoms with Crippen molar-refractivity contribution in [3.63, 3.8) is 0 Å². The molecule has 0 radical (unpaired) electrons. The first-order valence-electron chi connectivity index (χ1n) is 8.40. The van der Waals surface area contributed by atoms with Crippen molar-refractivity contribution in [1.82, 2.24) is 0 Å². The summed E-state index contributed by atoms with van der Waals surface area (Å²) in [6, 6.07) is 13.4. The Bertz CT molecular complexity index is 824. The Balaban J connectivity index is 1.72. The Morgan fingerprint density at radius 1 is 1.00 bits per heavy atom. The molecule has 0 saturated heterocycles. The molecular formula is C20H19Cl2NO4. The molecule has 0 saturated carbocycles. The zero-order chi connectivity index (χ0) is 19.8. The first kappa shape index (κ1) is 20.9. The Morgan fingerprint density at radius 2 is 1.70 bits per heavy atom. The summed E-state index contributed by atoms with van der Waals surface area (Å²) in [5.74, 6) is -1.04. The smallest absolute Gasteiger partial charge is 0.306 e. The van der Waals surface area contributed by atoms with E-state index in [4.69, 9.17) is 27.9 Å². The van der Waals surface area contributed by atoms with Gasteiger partial charge in [-0.25, -0.2) is 0 Å². The van der Waals surface area contributed by atoms with E-state index in [0.29, 0.717) is 27.7 Å². The quantitative estimate of drug-likeness (QED) is 0.497. The molecule has 0 aliphatic carbocycles. The summed E-state index contributed by atoms with van der Waals surface area (Å²) in [5.41, 5.74) is 1.01. The number of nitrogens with one attached hydrogen (secondary N) is 1.